The van der Waals surface area contributed by atoms with E-state index in [0.717, 1.165) is 80.4 Å². The fourth-order valence-electron chi connectivity index (χ4n) is 6.09. The molecule has 7 rings (SSSR count). The molecule has 0 radical (unpaired) electrons. The molecule has 7 nitrogen and oxygen atoms in total. The number of hydrogen-bond donors (Lipinski definition) is 1. The minimum Gasteiger partial charge on any atom is -0.478 e. The van der Waals surface area contributed by atoms with Crippen molar-refractivity contribution in [1.29, 1.82) is 0 Å². The van der Waals surface area contributed by atoms with E-state index < -0.39 is 5.97 Å². The van der Waals surface area contributed by atoms with Crippen molar-refractivity contribution in [3.8, 4) is 17.1 Å². The fraction of sp³-hybridized carbons (Fsp3) is 0.194. The minimum atomic E-state index is -0.945. The number of carboxylic acid groups (broad SMARTS) is 1. The van der Waals surface area contributed by atoms with Crippen LogP contribution < -0.4 is 0 Å². The number of aromatic carboxylic acids is 1. The minimum absolute atomic E-state index is 0.269. The van der Waals surface area contributed by atoms with Gasteiger partial charge in [0.1, 0.15) is 11.3 Å². The molecule has 3 aromatic heterocycles. The van der Waals surface area contributed by atoms with Crippen molar-refractivity contribution >= 4 is 39.0 Å². The summed E-state index contributed by atoms with van der Waals surface area (Å²) in [5.74, 6) is 0.714. The molecular formula is C36H32N4O3. The number of aryl methyl sites for hydroxylation is 3. The molecule has 0 saturated carbocycles. The maximum Gasteiger partial charge on any atom is 0.337 e. The van der Waals surface area contributed by atoms with Crippen molar-refractivity contribution in [1.82, 2.24) is 19.1 Å². The van der Waals surface area contributed by atoms with Gasteiger partial charge in [0, 0.05) is 23.6 Å². The summed E-state index contributed by atoms with van der Waals surface area (Å²) in [5, 5.41) is 10.9. The van der Waals surface area contributed by atoms with Crippen molar-refractivity contribution in [3.05, 3.63) is 113 Å². The summed E-state index contributed by atoms with van der Waals surface area (Å²) in [5.41, 5.74) is 9.82. The zero-order valence-electron chi connectivity index (χ0n) is 24.5. The van der Waals surface area contributed by atoms with E-state index in [0.29, 0.717) is 18.1 Å². The van der Waals surface area contributed by atoms with Gasteiger partial charge in [-0.2, -0.15) is 0 Å². The number of hydrogen-bond acceptors (Lipinski definition) is 4. The van der Waals surface area contributed by atoms with Crippen LogP contribution in [0.1, 0.15) is 52.6 Å². The van der Waals surface area contributed by atoms with Crippen LogP contribution in [0.5, 0.6) is 0 Å². The second-order valence-electron chi connectivity index (χ2n) is 11.2. The lowest BCUT2D eigenvalue weighted by Gasteiger charge is -2.13. The highest BCUT2D eigenvalue weighted by atomic mass is 16.4. The third kappa shape index (κ3) is 4.57. The van der Waals surface area contributed by atoms with Gasteiger partial charge < -0.3 is 18.7 Å². The van der Waals surface area contributed by atoms with E-state index in [-0.39, 0.29) is 5.56 Å². The molecule has 0 bridgehead atoms. The predicted molar refractivity (Wildman–Crippen MR) is 170 cm³/mol. The number of oxazole rings is 1. The molecule has 0 amide bonds. The first-order valence-corrected chi connectivity index (χ1v) is 14.7. The highest BCUT2D eigenvalue weighted by molar-refractivity contribution is 5.94. The summed E-state index contributed by atoms with van der Waals surface area (Å²) in [7, 11) is 0. The summed E-state index contributed by atoms with van der Waals surface area (Å²) in [6.45, 7) is 6.98. The van der Waals surface area contributed by atoms with Crippen LogP contribution in [0.4, 0.5) is 0 Å². The molecule has 7 heteroatoms. The van der Waals surface area contributed by atoms with Gasteiger partial charge in [0.25, 0.3) is 0 Å². The second kappa shape index (κ2) is 10.6. The van der Waals surface area contributed by atoms with E-state index in [1.807, 2.05) is 60.2 Å². The third-order valence-corrected chi connectivity index (χ3v) is 8.29. The number of unbranched alkanes of at least 4 members (excludes halogenated alkanes) is 1. The molecule has 43 heavy (non-hydrogen) atoms. The quantitative estimate of drug-likeness (QED) is 0.199. The molecule has 0 unspecified atom stereocenters. The Balaban J connectivity index is 1.37. The highest BCUT2D eigenvalue weighted by Crippen LogP contribution is 2.33. The first-order chi connectivity index (χ1) is 20.9. The van der Waals surface area contributed by atoms with Crippen LogP contribution in [-0.4, -0.2) is 30.2 Å². The number of carbonyl (C=O) groups is 1. The lowest BCUT2D eigenvalue weighted by Crippen LogP contribution is -2.06. The van der Waals surface area contributed by atoms with Crippen molar-refractivity contribution < 1.29 is 14.3 Å². The lowest BCUT2D eigenvalue weighted by atomic mass is 10.1. The SMILES string of the molecule is CCCCc1nc2c(C)cc(-c3nc4c(C)cccc4o3)cc2n1Cc1cccc2c1ccn2-c1ccccc1C(=O)O. The van der Waals surface area contributed by atoms with Crippen LogP contribution in [0, 0.1) is 13.8 Å². The Labute approximate surface area is 249 Å². The number of rotatable bonds is 8. The van der Waals surface area contributed by atoms with Crippen LogP contribution in [0.15, 0.2) is 89.5 Å². The molecule has 1 N–H and O–H groups in total. The Kier molecular flexibility index (Phi) is 6.58. The second-order valence-corrected chi connectivity index (χ2v) is 11.2. The van der Waals surface area contributed by atoms with Crippen molar-refractivity contribution in [3.63, 3.8) is 0 Å². The molecule has 0 fully saturated rings. The van der Waals surface area contributed by atoms with Gasteiger partial charge in [0.15, 0.2) is 5.58 Å². The van der Waals surface area contributed by atoms with E-state index in [2.05, 4.69) is 42.7 Å². The first-order valence-electron chi connectivity index (χ1n) is 14.7. The van der Waals surface area contributed by atoms with E-state index in [9.17, 15) is 9.90 Å². The molecule has 0 atom stereocenters. The van der Waals surface area contributed by atoms with E-state index in [1.54, 1.807) is 12.1 Å². The zero-order chi connectivity index (χ0) is 29.7. The van der Waals surface area contributed by atoms with Gasteiger partial charge >= 0.3 is 5.97 Å². The molecular weight excluding hydrogens is 536 g/mol. The smallest absolute Gasteiger partial charge is 0.337 e. The number of aromatic nitrogens is 4. The Morgan fingerprint density at radius 3 is 2.53 bits per heavy atom. The summed E-state index contributed by atoms with van der Waals surface area (Å²) in [6, 6.07) is 25.7. The van der Waals surface area contributed by atoms with Gasteiger partial charge in [-0.3, -0.25) is 0 Å². The van der Waals surface area contributed by atoms with Crippen LogP contribution in [0.3, 0.4) is 0 Å². The van der Waals surface area contributed by atoms with Crippen LogP contribution in [-0.2, 0) is 13.0 Å². The molecule has 0 saturated heterocycles. The Hall–Kier alpha value is -5.17. The number of carboxylic acids is 1. The molecule has 0 spiro atoms. The largest absolute Gasteiger partial charge is 0.478 e. The van der Waals surface area contributed by atoms with Gasteiger partial charge in [-0.25, -0.2) is 14.8 Å². The van der Waals surface area contributed by atoms with Gasteiger partial charge in [-0.1, -0.05) is 49.7 Å². The summed E-state index contributed by atoms with van der Waals surface area (Å²) in [6.07, 6.45) is 4.96. The highest BCUT2D eigenvalue weighted by Gasteiger charge is 2.19. The topological polar surface area (TPSA) is 86.1 Å². The molecule has 0 aliphatic carbocycles. The molecule has 214 valence electrons. The van der Waals surface area contributed by atoms with Crippen molar-refractivity contribution in [2.75, 3.05) is 0 Å². The average Bonchev–Trinajstić information content (AvgIpc) is 3.73. The monoisotopic (exact) mass is 568 g/mol. The molecule has 3 heterocycles. The molecule has 0 aliphatic heterocycles. The average molecular weight is 569 g/mol. The molecule has 0 aliphatic rings. The normalized spacial score (nSPS) is 11.7. The Bertz CT molecular complexity index is 2160. The summed E-state index contributed by atoms with van der Waals surface area (Å²) >= 11 is 0. The fourth-order valence-corrected chi connectivity index (χ4v) is 6.09. The van der Waals surface area contributed by atoms with Crippen molar-refractivity contribution in [2.24, 2.45) is 0 Å². The van der Waals surface area contributed by atoms with Crippen LogP contribution in [0.2, 0.25) is 0 Å². The van der Waals surface area contributed by atoms with Crippen LogP contribution in [0.25, 0.3) is 50.2 Å². The van der Waals surface area contributed by atoms with Crippen LogP contribution >= 0.6 is 0 Å². The van der Waals surface area contributed by atoms with Gasteiger partial charge in [-0.15, -0.1) is 0 Å². The van der Waals surface area contributed by atoms with Crippen molar-refractivity contribution in [2.45, 2.75) is 46.6 Å². The van der Waals surface area contributed by atoms with Gasteiger partial charge in [0.2, 0.25) is 5.89 Å². The summed E-state index contributed by atoms with van der Waals surface area (Å²) < 4.78 is 10.5. The Morgan fingerprint density at radius 2 is 1.72 bits per heavy atom. The number of imidazole rings is 1. The third-order valence-electron chi connectivity index (χ3n) is 8.29. The number of fused-ring (bicyclic) bond motifs is 3. The summed E-state index contributed by atoms with van der Waals surface area (Å²) in [4.78, 5) is 22.0. The molecule has 7 aromatic rings. The van der Waals surface area contributed by atoms with E-state index in [4.69, 9.17) is 14.4 Å². The van der Waals surface area contributed by atoms with Gasteiger partial charge in [-0.05, 0) is 79.4 Å². The number of nitrogens with zero attached hydrogens (tertiary/aromatic N) is 4. The zero-order valence-corrected chi connectivity index (χ0v) is 24.5. The maximum atomic E-state index is 12.0. The lowest BCUT2D eigenvalue weighted by molar-refractivity contribution is 0.0697. The standard InChI is InChI=1S/C36H32N4O3/c1-4-5-16-32-37-33-23(3)19-25(35-38-34-22(2)10-8-15-31(34)43-35)20-30(33)40(32)21-24-11-9-14-28-26(24)17-18-39(28)29-13-7-6-12-27(29)36(41)42/h6-15,17-20H,4-5,16,21H2,1-3H3,(H,41,42). The van der Waals surface area contributed by atoms with E-state index in [1.165, 1.54) is 0 Å². The predicted octanol–water partition coefficient (Wildman–Crippen LogP) is 8.49. The first kappa shape index (κ1) is 26.7. The van der Waals surface area contributed by atoms with Gasteiger partial charge in [0.05, 0.1) is 34.3 Å². The van der Waals surface area contributed by atoms with E-state index >= 15 is 0 Å². The Morgan fingerprint density at radius 1 is 0.884 bits per heavy atom. The molecule has 4 aromatic carbocycles. The maximum absolute atomic E-state index is 12.0. The number of para-hydroxylation sites is 2. The number of benzene rings is 4.